The van der Waals surface area contributed by atoms with Gasteiger partial charge in [0.05, 0.1) is 11.3 Å². The van der Waals surface area contributed by atoms with Crippen LogP contribution in [0.1, 0.15) is 10.4 Å². The second kappa shape index (κ2) is 6.76. The van der Waals surface area contributed by atoms with Gasteiger partial charge in [-0.3, -0.25) is 9.78 Å². The van der Waals surface area contributed by atoms with Gasteiger partial charge in [-0.05, 0) is 36.4 Å². The van der Waals surface area contributed by atoms with Gasteiger partial charge in [0.2, 0.25) is 0 Å². The molecule has 0 saturated carbocycles. The highest BCUT2D eigenvalue weighted by Gasteiger charge is 2.12. The zero-order valence-electron chi connectivity index (χ0n) is 14.0. The molecule has 0 bridgehead atoms. The molecule has 0 unspecified atom stereocenters. The Morgan fingerprint density at radius 1 is 1.04 bits per heavy atom. The molecule has 0 saturated heterocycles. The Hall–Kier alpha value is -3.93. The van der Waals surface area contributed by atoms with Crippen molar-refractivity contribution < 1.29 is 14.6 Å². The van der Waals surface area contributed by atoms with Crippen LogP contribution in [0.5, 0.6) is 11.5 Å². The number of nitrogens with one attached hydrogen (secondary N) is 1. The molecule has 6 nitrogen and oxygen atoms in total. The Bertz CT molecular complexity index is 1200. The summed E-state index contributed by atoms with van der Waals surface area (Å²) < 4.78 is 5.26. The fourth-order valence-electron chi connectivity index (χ4n) is 2.79. The number of H-pyrrole nitrogens is 1. The summed E-state index contributed by atoms with van der Waals surface area (Å²) in [7, 11) is 0. The number of phenols is 1. The smallest absolute Gasteiger partial charge is 0.345 e. The van der Waals surface area contributed by atoms with Crippen molar-refractivity contribution >= 4 is 16.9 Å². The number of hydrogen-bond acceptors (Lipinski definition) is 5. The molecule has 0 fully saturated rings. The molecular formula is C21H14N2O4. The molecule has 6 heteroatoms. The third-order valence-electron chi connectivity index (χ3n) is 4.10. The van der Waals surface area contributed by atoms with Crippen molar-refractivity contribution in [2.75, 3.05) is 0 Å². The largest absolute Gasteiger partial charge is 0.507 e. The van der Waals surface area contributed by atoms with Gasteiger partial charge in [-0.2, -0.15) is 0 Å². The first-order valence-electron chi connectivity index (χ1n) is 8.19. The van der Waals surface area contributed by atoms with E-state index in [9.17, 15) is 14.7 Å². The number of ether oxygens (including phenoxy) is 1. The van der Waals surface area contributed by atoms with E-state index in [0.29, 0.717) is 27.7 Å². The monoisotopic (exact) mass is 358 g/mol. The van der Waals surface area contributed by atoms with Crippen LogP contribution in [-0.4, -0.2) is 21.0 Å². The van der Waals surface area contributed by atoms with Gasteiger partial charge in [-0.15, -0.1) is 0 Å². The predicted molar refractivity (Wildman–Crippen MR) is 101 cm³/mol. The van der Waals surface area contributed by atoms with Crippen molar-refractivity contribution in [3.8, 4) is 22.8 Å². The van der Waals surface area contributed by atoms with Crippen LogP contribution in [0.25, 0.3) is 22.2 Å². The molecule has 0 atom stereocenters. The molecule has 27 heavy (non-hydrogen) atoms. The van der Waals surface area contributed by atoms with Crippen molar-refractivity contribution in [2.45, 2.75) is 0 Å². The number of para-hydroxylation sites is 1. The number of pyridine rings is 2. The molecule has 0 aliphatic heterocycles. The van der Waals surface area contributed by atoms with E-state index >= 15 is 0 Å². The molecule has 2 N–H and O–H groups in total. The number of esters is 1. The van der Waals surface area contributed by atoms with Crippen LogP contribution < -0.4 is 10.2 Å². The van der Waals surface area contributed by atoms with Crippen molar-refractivity contribution in [1.29, 1.82) is 0 Å². The standard InChI is InChI=1S/C21H14N2O4/c24-19-10-14(27-21(26)13-4-3-9-22-12-13)7-8-16(19)18-11-20(25)15-5-1-2-6-17(15)23-18/h1-12,24H,(H,23,25). The lowest BCUT2D eigenvalue weighted by molar-refractivity contribution is 0.0734. The quantitative estimate of drug-likeness (QED) is 0.432. The number of nitrogens with zero attached hydrogens (tertiary/aromatic N) is 1. The molecule has 2 heterocycles. The highest BCUT2D eigenvalue weighted by Crippen LogP contribution is 2.31. The first-order chi connectivity index (χ1) is 13.1. The maximum absolute atomic E-state index is 12.3. The summed E-state index contributed by atoms with van der Waals surface area (Å²) in [4.78, 5) is 31.4. The van der Waals surface area contributed by atoms with E-state index in [1.54, 1.807) is 48.7 Å². The molecule has 0 radical (unpaired) electrons. The zero-order chi connectivity index (χ0) is 18.8. The average Bonchev–Trinajstić information content (AvgIpc) is 2.69. The average molecular weight is 358 g/mol. The van der Waals surface area contributed by atoms with Crippen LogP contribution in [-0.2, 0) is 0 Å². The molecule has 0 aliphatic rings. The predicted octanol–water partition coefficient (Wildman–Crippen LogP) is 3.51. The summed E-state index contributed by atoms with van der Waals surface area (Å²) in [5.41, 5.74) is 1.73. The number of aromatic nitrogens is 2. The minimum atomic E-state index is -0.575. The lowest BCUT2D eigenvalue weighted by Gasteiger charge is -2.09. The number of aromatic hydroxyl groups is 1. The van der Waals surface area contributed by atoms with Crippen molar-refractivity contribution in [3.63, 3.8) is 0 Å². The molecule has 4 rings (SSSR count). The van der Waals surface area contributed by atoms with E-state index in [1.807, 2.05) is 6.07 Å². The zero-order valence-corrected chi connectivity index (χ0v) is 14.0. The van der Waals surface area contributed by atoms with Gasteiger partial charge in [0.1, 0.15) is 11.5 Å². The molecule has 132 valence electrons. The maximum Gasteiger partial charge on any atom is 0.345 e. The van der Waals surface area contributed by atoms with E-state index in [2.05, 4.69) is 9.97 Å². The Kier molecular flexibility index (Phi) is 4.14. The summed E-state index contributed by atoms with van der Waals surface area (Å²) in [6, 6.07) is 16.3. The van der Waals surface area contributed by atoms with Crippen LogP contribution >= 0.6 is 0 Å². The fourth-order valence-corrected chi connectivity index (χ4v) is 2.79. The second-order valence-electron chi connectivity index (χ2n) is 5.90. The highest BCUT2D eigenvalue weighted by molar-refractivity contribution is 5.91. The van der Waals surface area contributed by atoms with E-state index < -0.39 is 5.97 Å². The number of phenolic OH excluding ortho intramolecular Hbond substituents is 1. The van der Waals surface area contributed by atoms with Gasteiger partial charge < -0.3 is 14.8 Å². The van der Waals surface area contributed by atoms with Crippen LogP contribution in [0, 0.1) is 0 Å². The maximum atomic E-state index is 12.3. The molecular weight excluding hydrogens is 344 g/mol. The van der Waals surface area contributed by atoms with Crippen molar-refractivity contribution in [1.82, 2.24) is 9.97 Å². The summed E-state index contributed by atoms with van der Waals surface area (Å²) >= 11 is 0. The fraction of sp³-hybridized carbons (Fsp3) is 0. The van der Waals surface area contributed by atoms with Crippen LogP contribution in [0.2, 0.25) is 0 Å². The Labute approximate surface area is 153 Å². The molecule has 4 aromatic rings. The van der Waals surface area contributed by atoms with Gasteiger partial charge in [0.15, 0.2) is 5.43 Å². The number of rotatable bonds is 3. The van der Waals surface area contributed by atoms with Gasteiger partial charge >= 0.3 is 5.97 Å². The van der Waals surface area contributed by atoms with Crippen molar-refractivity contribution in [2.24, 2.45) is 0 Å². The van der Waals surface area contributed by atoms with Crippen LogP contribution in [0.3, 0.4) is 0 Å². The summed E-state index contributed by atoms with van der Waals surface area (Å²) in [5.74, 6) is -0.500. The summed E-state index contributed by atoms with van der Waals surface area (Å²) in [6.07, 6.45) is 2.96. The van der Waals surface area contributed by atoms with Crippen LogP contribution in [0.15, 0.2) is 77.9 Å². The third kappa shape index (κ3) is 3.28. The number of carbonyl (C=O) groups excluding carboxylic acids is 1. The molecule has 0 amide bonds. The second-order valence-corrected chi connectivity index (χ2v) is 5.90. The van der Waals surface area contributed by atoms with Gasteiger partial charge in [-0.1, -0.05) is 12.1 Å². The van der Waals surface area contributed by atoms with E-state index in [0.717, 1.165) is 0 Å². The van der Waals surface area contributed by atoms with Gasteiger partial charge in [0.25, 0.3) is 0 Å². The Morgan fingerprint density at radius 3 is 2.67 bits per heavy atom. The Balaban J connectivity index is 1.66. The molecule has 2 aromatic carbocycles. The van der Waals surface area contributed by atoms with E-state index in [4.69, 9.17) is 4.74 Å². The minimum absolute atomic E-state index is 0.114. The minimum Gasteiger partial charge on any atom is -0.507 e. The summed E-state index contributed by atoms with van der Waals surface area (Å²) in [5, 5.41) is 10.9. The molecule has 0 aliphatic carbocycles. The van der Waals surface area contributed by atoms with Crippen molar-refractivity contribution in [3.05, 3.63) is 88.8 Å². The third-order valence-corrected chi connectivity index (χ3v) is 4.10. The summed E-state index contributed by atoms with van der Waals surface area (Å²) in [6.45, 7) is 0. The van der Waals surface area contributed by atoms with E-state index in [-0.39, 0.29) is 16.9 Å². The topological polar surface area (TPSA) is 92.3 Å². The lowest BCUT2D eigenvalue weighted by Crippen LogP contribution is -2.08. The van der Waals surface area contributed by atoms with Crippen LogP contribution in [0.4, 0.5) is 0 Å². The number of benzene rings is 2. The van der Waals surface area contributed by atoms with Gasteiger partial charge in [0, 0.05) is 41.0 Å². The molecule has 0 spiro atoms. The van der Waals surface area contributed by atoms with Gasteiger partial charge in [-0.25, -0.2) is 4.79 Å². The normalized spacial score (nSPS) is 10.7. The first kappa shape index (κ1) is 16.5. The Morgan fingerprint density at radius 2 is 1.89 bits per heavy atom. The molecule has 2 aromatic heterocycles. The number of carbonyl (C=O) groups is 1. The highest BCUT2D eigenvalue weighted by atomic mass is 16.5. The van der Waals surface area contributed by atoms with E-state index in [1.165, 1.54) is 18.3 Å². The number of fused-ring (bicyclic) bond motifs is 1. The lowest BCUT2D eigenvalue weighted by atomic mass is 10.1. The number of hydrogen-bond donors (Lipinski definition) is 2. The number of aromatic amines is 1. The SMILES string of the molecule is O=C(Oc1ccc(-c2cc(=O)c3ccccc3[nH]2)c(O)c1)c1cccnc1. The first-order valence-corrected chi connectivity index (χ1v) is 8.19.